The fraction of sp³-hybridized carbons (Fsp3) is 0.0690. The van der Waals surface area contributed by atoms with Crippen molar-refractivity contribution >= 4 is 0 Å². The van der Waals surface area contributed by atoms with E-state index < -0.39 is 0 Å². The summed E-state index contributed by atoms with van der Waals surface area (Å²) < 4.78 is 2.21. The van der Waals surface area contributed by atoms with Crippen molar-refractivity contribution in [1.29, 1.82) is 0 Å². The Morgan fingerprint density at radius 2 is 0.906 bits per heavy atom. The van der Waals surface area contributed by atoms with Gasteiger partial charge in [0.15, 0.2) is 0 Å². The fourth-order valence-corrected chi connectivity index (χ4v) is 8.12. The Bertz CT molecular complexity index is 2960. The summed E-state index contributed by atoms with van der Waals surface area (Å²) in [5.74, 6) is 0. The van der Waals surface area contributed by atoms with E-state index >= 15 is 0 Å². The molecule has 0 fully saturated rings. The Kier molecular flexibility index (Phi) is 13.0. The number of rotatable bonds is 13. The molecule has 0 N–H and O–H groups in total. The number of nitrogens with zero attached hydrogens (tertiary/aromatic N) is 5. The van der Waals surface area contributed by atoms with Crippen molar-refractivity contribution in [2.45, 2.75) is 25.7 Å². The number of aryl methyl sites for hydroxylation is 4. The molecule has 0 amide bonds. The second-order valence-electron chi connectivity index (χ2n) is 15.6. The van der Waals surface area contributed by atoms with Crippen molar-refractivity contribution in [3.05, 3.63) is 247 Å². The van der Waals surface area contributed by atoms with Crippen LogP contribution in [0.15, 0.2) is 207 Å². The Labute approximate surface area is 388 Å². The molecule has 4 heterocycles. The maximum atomic E-state index is 4.78. The normalized spacial score (nSPS) is 10.9. The smallest absolute Gasteiger partial charge is 0.340 e. The molecule has 10 rings (SSSR count). The minimum absolute atomic E-state index is 0. The zero-order valence-electron chi connectivity index (χ0n) is 35.0. The predicted octanol–water partition coefficient (Wildman–Crippen LogP) is 13.0. The van der Waals surface area contributed by atoms with Crippen LogP contribution in [0.1, 0.15) is 22.3 Å². The quantitative estimate of drug-likeness (QED) is 0.108. The maximum Gasteiger partial charge on any atom is 3.00 e. The molecule has 0 radical (unpaired) electrons. The molecule has 0 aliphatic carbocycles. The van der Waals surface area contributed by atoms with E-state index in [1.165, 1.54) is 33.4 Å². The predicted molar refractivity (Wildman–Crippen MR) is 254 cm³/mol. The van der Waals surface area contributed by atoms with Gasteiger partial charge in [0.1, 0.15) is 0 Å². The van der Waals surface area contributed by atoms with Crippen LogP contribution in [0.4, 0.5) is 0 Å². The molecule has 0 aliphatic rings. The van der Waals surface area contributed by atoms with Gasteiger partial charge in [-0.3, -0.25) is 0 Å². The number of aromatic nitrogens is 5. The summed E-state index contributed by atoms with van der Waals surface area (Å²) >= 11 is 0. The van der Waals surface area contributed by atoms with Crippen LogP contribution in [-0.2, 0) is 45.8 Å². The van der Waals surface area contributed by atoms with E-state index in [9.17, 15) is 0 Å². The maximum absolute atomic E-state index is 4.78. The second-order valence-corrected chi connectivity index (χ2v) is 15.6. The Balaban J connectivity index is 0.00000518. The zero-order valence-corrected chi connectivity index (χ0v) is 37.4. The molecular formula is C58H42IrN5. The van der Waals surface area contributed by atoms with Crippen molar-refractivity contribution in [2.24, 2.45) is 0 Å². The van der Waals surface area contributed by atoms with Gasteiger partial charge in [-0.1, -0.05) is 115 Å². The van der Waals surface area contributed by atoms with Crippen LogP contribution in [0, 0.1) is 18.2 Å². The van der Waals surface area contributed by atoms with E-state index in [4.69, 9.17) is 4.98 Å². The third-order valence-electron chi connectivity index (χ3n) is 11.5. The number of pyridine rings is 3. The van der Waals surface area contributed by atoms with Gasteiger partial charge in [-0.15, -0.1) is 94.5 Å². The zero-order chi connectivity index (χ0) is 42.2. The first-order valence-corrected chi connectivity index (χ1v) is 21.3. The number of benzene rings is 6. The van der Waals surface area contributed by atoms with Crippen LogP contribution < -0.4 is 0 Å². The first kappa shape index (κ1) is 42.0. The average Bonchev–Trinajstić information content (AvgIpc) is 3.87. The van der Waals surface area contributed by atoms with Crippen molar-refractivity contribution in [2.75, 3.05) is 0 Å². The first-order valence-electron chi connectivity index (χ1n) is 21.3. The molecular weight excluding hydrogens is 959 g/mol. The van der Waals surface area contributed by atoms with Gasteiger partial charge in [-0.2, -0.15) is 0 Å². The molecule has 6 heteroatoms. The second kappa shape index (κ2) is 19.8. The Hall–Kier alpha value is -7.37. The summed E-state index contributed by atoms with van der Waals surface area (Å²) in [4.78, 5) is 18.5. The molecule has 0 bridgehead atoms. The summed E-state index contributed by atoms with van der Waals surface area (Å²) in [7, 11) is 0. The first-order chi connectivity index (χ1) is 31.2. The standard InChI is InChI=1S/C58H42N5.Ir/c1-2-10-46(11-3-1)47-27-29-48(30-28-47)53-39-51(56-14-6-9-35-62-56)31-32-57(53)63-41-59-40-58(63)52-37-44(17-15-42-19-23-49(24-20-42)54-12-4-7-33-60-54)36-45(38-52)18-16-43-21-25-50(26-22-43)55-13-5-8-34-61-55;/h1-14,19-23,25,27-30,32-41H,15-18H2;/q-3;+3. The van der Waals surface area contributed by atoms with Crippen LogP contribution in [0.5, 0.6) is 0 Å². The molecule has 5 nitrogen and oxygen atoms in total. The number of hydrogen-bond acceptors (Lipinski definition) is 4. The number of imidazole rings is 1. The van der Waals surface area contributed by atoms with Gasteiger partial charge in [-0.05, 0) is 99.3 Å². The minimum atomic E-state index is 0. The van der Waals surface area contributed by atoms with E-state index in [1.807, 2.05) is 91.8 Å². The van der Waals surface area contributed by atoms with Gasteiger partial charge in [0.2, 0.25) is 0 Å². The summed E-state index contributed by atoms with van der Waals surface area (Å²) in [6.45, 7) is 0. The summed E-state index contributed by atoms with van der Waals surface area (Å²) in [5.41, 5.74) is 18.3. The van der Waals surface area contributed by atoms with E-state index in [2.05, 4.69) is 153 Å². The fourth-order valence-electron chi connectivity index (χ4n) is 8.12. The van der Waals surface area contributed by atoms with Gasteiger partial charge >= 0.3 is 20.1 Å². The van der Waals surface area contributed by atoms with Crippen molar-refractivity contribution < 1.29 is 20.1 Å². The molecule has 0 unspecified atom stereocenters. The molecule has 0 atom stereocenters. The largest absolute Gasteiger partial charge is 3.00 e. The molecule has 308 valence electrons. The molecule has 0 spiro atoms. The third kappa shape index (κ3) is 9.65. The molecule has 0 saturated carbocycles. The van der Waals surface area contributed by atoms with Crippen LogP contribution in [-0.4, -0.2) is 24.5 Å². The summed E-state index contributed by atoms with van der Waals surface area (Å²) in [6.07, 6.45) is 12.9. The Morgan fingerprint density at radius 3 is 1.44 bits per heavy atom. The molecule has 0 saturated heterocycles. The van der Waals surface area contributed by atoms with Crippen molar-refractivity contribution in [3.63, 3.8) is 0 Å². The van der Waals surface area contributed by atoms with E-state index in [0.717, 1.165) is 87.5 Å². The van der Waals surface area contributed by atoms with Crippen LogP contribution in [0.25, 0.3) is 73.0 Å². The molecule has 6 aromatic carbocycles. The monoisotopic (exact) mass is 1000 g/mol. The van der Waals surface area contributed by atoms with Crippen LogP contribution in [0.2, 0.25) is 0 Å². The van der Waals surface area contributed by atoms with Gasteiger partial charge in [-0.25, -0.2) is 4.98 Å². The summed E-state index contributed by atoms with van der Waals surface area (Å²) in [6, 6.07) is 71.9. The van der Waals surface area contributed by atoms with Gasteiger partial charge in [0.25, 0.3) is 0 Å². The van der Waals surface area contributed by atoms with Crippen molar-refractivity contribution in [1.82, 2.24) is 24.5 Å². The van der Waals surface area contributed by atoms with E-state index in [1.54, 1.807) is 0 Å². The summed E-state index contributed by atoms with van der Waals surface area (Å²) in [5, 5.41) is 0. The SMILES string of the molecule is [Ir+3].[c-]1cc(CCc2cc(CCc3c[c-]c(-c4ccccn4)cc3)cc(-c3cncn3-c3c[c-]c(-c4ccccn4)cc3-c3ccc(-c4ccccc4)cc3)c2)ccc1-c1ccccn1. The molecule has 4 aromatic heterocycles. The molecule has 64 heavy (non-hydrogen) atoms. The number of hydrogen-bond donors (Lipinski definition) is 0. The molecule has 10 aromatic rings. The molecule has 0 aliphatic heterocycles. The van der Waals surface area contributed by atoms with Gasteiger partial charge in [0, 0.05) is 18.6 Å². The topological polar surface area (TPSA) is 56.5 Å². The van der Waals surface area contributed by atoms with Gasteiger partial charge in [0.05, 0.1) is 18.2 Å². The third-order valence-corrected chi connectivity index (χ3v) is 11.5. The Morgan fingerprint density at radius 1 is 0.406 bits per heavy atom. The minimum Gasteiger partial charge on any atom is -0.340 e. The van der Waals surface area contributed by atoms with Crippen molar-refractivity contribution in [3.8, 4) is 73.0 Å². The van der Waals surface area contributed by atoms with Gasteiger partial charge < -0.3 is 19.5 Å². The van der Waals surface area contributed by atoms with E-state index in [-0.39, 0.29) is 20.1 Å². The van der Waals surface area contributed by atoms with E-state index in [0.29, 0.717) is 0 Å². The van der Waals surface area contributed by atoms with Crippen LogP contribution >= 0.6 is 0 Å². The van der Waals surface area contributed by atoms with Crippen LogP contribution in [0.3, 0.4) is 0 Å². The average molecular weight is 1000 g/mol.